The predicted octanol–water partition coefficient (Wildman–Crippen LogP) is 1.32. The molecule has 3 heteroatoms. The van der Waals surface area contributed by atoms with Crippen molar-refractivity contribution in [3.63, 3.8) is 0 Å². The second-order valence-corrected chi connectivity index (χ2v) is 4.91. The van der Waals surface area contributed by atoms with Crippen molar-refractivity contribution in [2.24, 2.45) is 0 Å². The first kappa shape index (κ1) is 14.2. The average molecular weight is 236 g/mol. The average Bonchev–Trinajstić information content (AvgIpc) is 2.23. The second kappa shape index (κ2) is 6.74. The quantitative estimate of drug-likeness (QED) is 0.782. The van der Waals surface area contributed by atoms with Crippen molar-refractivity contribution < 1.29 is 5.11 Å². The lowest BCUT2D eigenvalue weighted by molar-refractivity contribution is 0.134. The number of benzene rings is 1. The Morgan fingerprint density at radius 3 is 2.65 bits per heavy atom. The molecule has 0 fully saturated rings. The fourth-order valence-electron chi connectivity index (χ4n) is 1.86. The minimum Gasteiger partial charge on any atom is -0.390 e. The third-order valence-corrected chi connectivity index (χ3v) is 2.99. The molecule has 2 N–H and O–H groups in total. The number of nitrogens with zero attached hydrogens (tertiary/aromatic N) is 1. The molecule has 0 bridgehead atoms. The molecule has 1 unspecified atom stereocenters. The van der Waals surface area contributed by atoms with Crippen LogP contribution in [-0.4, -0.2) is 43.3 Å². The van der Waals surface area contributed by atoms with Crippen LogP contribution in [0.4, 0.5) is 0 Å². The van der Waals surface area contributed by atoms with Gasteiger partial charge in [-0.1, -0.05) is 18.2 Å². The van der Waals surface area contributed by atoms with E-state index in [2.05, 4.69) is 37.4 Å². The summed E-state index contributed by atoms with van der Waals surface area (Å²) < 4.78 is 0. The first-order valence-electron chi connectivity index (χ1n) is 6.09. The van der Waals surface area contributed by atoms with Gasteiger partial charge in [-0.25, -0.2) is 0 Å². The monoisotopic (exact) mass is 236 g/mol. The van der Waals surface area contributed by atoms with Gasteiger partial charge in [-0.3, -0.25) is 0 Å². The van der Waals surface area contributed by atoms with Gasteiger partial charge in [0.2, 0.25) is 0 Å². The Labute approximate surface area is 104 Å². The summed E-state index contributed by atoms with van der Waals surface area (Å²) in [5.74, 6) is 0. The smallest absolute Gasteiger partial charge is 0.0791 e. The molecule has 0 heterocycles. The number of hydrogen-bond donors (Lipinski definition) is 2. The highest BCUT2D eigenvalue weighted by atomic mass is 16.3. The third kappa shape index (κ3) is 4.86. The van der Waals surface area contributed by atoms with Crippen LogP contribution >= 0.6 is 0 Å². The van der Waals surface area contributed by atoms with Crippen molar-refractivity contribution >= 4 is 0 Å². The van der Waals surface area contributed by atoms with Crippen molar-refractivity contribution in [2.75, 3.05) is 27.2 Å². The van der Waals surface area contributed by atoms with E-state index in [1.54, 1.807) is 0 Å². The molecule has 0 aliphatic rings. The van der Waals surface area contributed by atoms with E-state index in [1.807, 2.05) is 19.0 Å². The van der Waals surface area contributed by atoms with Crippen LogP contribution in [0.5, 0.6) is 0 Å². The number of likely N-dealkylation sites (N-methyl/N-ethyl adjacent to an activating group) is 1. The molecule has 1 aromatic rings. The summed E-state index contributed by atoms with van der Waals surface area (Å²) in [7, 11) is 3.93. The van der Waals surface area contributed by atoms with E-state index >= 15 is 0 Å². The molecule has 0 aromatic heterocycles. The summed E-state index contributed by atoms with van der Waals surface area (Å²) in [6.07, 6.45) is -0.310. The molecular formula is C14H24N2O. The van der Waals surface area contributed by atoms with Crippen LogP contribution in [0, 0.1) is 13.8 Å². The standard InChI is InChI=1S/C14H24N2O/c1-11-6-5-7-13(12(11)2)8-15-9-14(17)10-16(3)4/h5-7,14-15,17H,8-10H2,1-4H3. The molecule has 0 amide bonds. The largest absolute Gasteiger partial charge is 0.390 e. The van der Waals surface area contributed by atoms with E-state index in [0.29, 0.717) is 13.1 Å². The normalized spacial score (nSPS) is 13.1. The zero-order valence-corrected chi connectivity index (χ0v) is 11.3. The molecule has 0 saturated carbocycles. The highest BCUT2D eigenvalue weighted by molar-refractivity contribution is 5.32. The van der Waals surface area contributed by atoms with E-state index in [1.165, 1.54) is 16.7 Å². The summed E-state index contributed by atoms with van der Waals surface area (Å²) in [6.45, 7) is 6.41. The summed E-state index contributed by atoms with van der Waals surface area (Å²) in [6, 6.07) is 6.34. The van der Waals surface area contributed by atoms with Crippen LogP contribution in [0.15, 0.2) is 18.2 Å². The van der Waals surface area contributed by atoms with E-state index in [0.717, 1.165) is 6.54 Å². The molecule has 0 saturated heterocycles. The fraction of sp³-hybridized carbons (Fsp3) is 0.571. The highest BCUT2D eigenvalue weighted by Crippen LogP contribution is 2.12. The maximum atomic E-state index is 9.72. The van der Waals surface area contributed by atoms with Gasteiger partial charge < -0.3 is 15.3 Å². The number of rotatable bonds is 6. The van der Waals surface area contributed by atoms with Crippen LogP contribution in [0.25, 0.3) is 0 Å². The molecule has 96 valence electrons. The van der Waals surface area contributed by atoms with Crippen molar-refractivity contribution in [3.8, 4) is 0 Å². The Hall–Kier alpha value is -0.900. The van der Waals surface area contributed by atoms with Gasteiger partial charge in [-0.2, -0.15) is 0 Å². The number of aryl methyl sites for hydroxylation is 1. The Morgan fingerprint density at radius 1 is 1.29 bits per heavy atom. The van der Waals surface area contributed by atoms with Crippen molar-refractivity contribution in [3.05, 3.63) is 34.9 Å². The van der Waals surface area contributed by atoms with Crippen molar-refractivity contribution in [2.45, 2.75) is 26.5 Å². The van der Waals surface area contributed by atoms with Crippen molar-refractivity contribution in [1.29, 1.82) is 0 Å². The van der Waals surface area contributed by atoms with E-state index in [9.17, 15) is 5.11 Å². The van der Waals surface area contributed by atoms with E-state index in [-0.39, 0.29) is 6.10 Å². The highest BCUT2D eigenvalue weighted by Gasteiger charge is 2.05. The summed E-state index contributed by atoms with van der Waals surface area (Å²) >= 11 is 0. The van der Waals surface area contributed by atoms with E-state index < -0.39 is 0 Å². The molecule has 17 heavy (non-hydrogen) atoms. The summed E-state index contributed by atoms with van der Waals surface area (Å²) in [5, 5.41) is 13.0. The fourth-order valence-corrected chi connectivity index (χ4v) is 1.86. The Bertz CT molecular complexity index is 350. The first-order chi connectivity index (χ1) is 8.00. The lowest BCUT2D eigenvalue weighted by atomic mass is 10.0. The van der Waals surface area contributed by atoms with E-state index in [4.69, 9.17) is 0 Å². The lowest BCUT2D eigenvalue weighted by Gasteiger charge is -2.17. The van der Waals surface area contributed by atoms with Gasteiger partial charge in [0.05, 0.1) is 6.10 Å². The van der Waals surface area contributed by atoms with Crippen LogP contribution in [0.1, 0.15) is 16.7 Å². The Morgan fingerprint density at radius 2 is 2.00 bits per heavy atom. The van der Waals surface area contributed by atoms with Gasteiger partial charge in [0.15, 0.2) is 0 Å². The Balaban J connectivity index is 2.38. The summed E-state index contributed by atoms with van der Waals surface area (Å²) in [5.41, 5.74) is 3.96. The predicted molar refractivity (Wildman–Crippen MR) is 72.2 cm³/mol. The summed E-state index contributed by atoms with van der Waals surface area (Å²) in [4.78, 5) is 1.99. The molecule has 1 rings (SSSR count). The van der Waals surface area contributed by atoms with Crippen molar-refractivity contribution in [1.82, 2.24) is 10.2 Å². The zero-order valence-electron chi connectivity index (χ0n) is 11.3. The molecular weight excluding hydrogens is 212 g/mol. The second-order valence-electron chi connectivity index (χ2n) is 4.91. The molecule has 0 aliphatic heterocycles. The van der Waals surface area contributed by atoms with Gasteiger partial charge >= 0.3 is 0 Å². The number of aliphatic hydroxyl groups is 1. The molecule has 3 nitrogen and oxygen atoms in total. The number of aliphatic hydroxyl groups excluding tert-OH is 1. The van der Waals surface area contributed by atoms with Crippen LogP contribution in [0.2, 0.25) is 0 Å². The molecule has 0 aliphatic carbocycles. The van der Waals surface area contributed by atoms with Gasteiger partial charge in [-0.15, -0.1) is 0 Å². The van der Waals surface area contributed by atoms with Crippen LogP contribution in [-0.2, 0) is 6.54 Å². The minimum atomic E-state index is -0.310. The molecule has 1 aromatic carbocycles. The maximum absolute atomic E-state index is 9.72. The van der Waals surface area contributed by atoms with Gasteiger partial charge in [0.25, 0.3) is 0 Å². The SMILES string of the molecule is Cc1cccc(CNCC(O)CN(C)C)c1C. The first-order valence-corrected chi connectivity index (χ1v) is 6.09. The van der Waals surface area contributed by atoms with Gasteiger partial charge in [0.1, 0.15) is 0 Å². The maximum Gasteiger partial charge on any atom is 0.0791 e. The number of nitrogens with one attached hydrogen (secondary N) is 1. The third-order valence-electron chi connectivity index (χ3n) is 2.99. The molecule has 0 radical (unpaired) electrons. The zero-order chi connectivity index (χ0) is 12.8. The lowest BCUT2D eigenvalue weighted by Crippen LogP contribution is -2.34. The van der Waals surface area contributed by atoms with Crippen LogP contribution < -0.4 is 5.32 Å². The molecule has 1 atom stereocenters. The molecule has 0 spiro atoms. The minimum absolute atomic E-state index is 0.310. The van der Waals surface area contributed by atoms with Crippen LogP contribution in [0.3, 0.4) is 0 Å². The van der Waals surface area contributed by atoms with Gasteiger partial charge in [0, 0.05) is 19.6 Å². The topological polar surface area (TPSA) is 35.5 Å². The number of hydrogen-bond acceptors (Lipinski definition) is 3. The van der Waals surface area contributed by atoms with Gasteiger partial charge in [-0.05, 0) is 44.6 Å². The Kier molecular flexibility index (Phi) is 5.62.